The van der Waals surface area contributed by atoms with Crippen molar-refractivity contribution in [2.75, 3.05) is 62.7 Å². The molecule has 0 spiro atoms. The summed E-state index contributed by atoms with van der Waals surface area (Å²) in [5.74, 6) is 0.354. The predicted molar refractivity (Wildman–Crippen MR) is 136 cm³/mol. The van der Waals surface area contributed by atoms with Crippen molar-refractivity contribution >= 4 is 27.3 Å². The van der Waals surface area contributed by atoms with Crippen molar-refractivity contribution in [1.29, 1.82) is 0 Å². The van der Waals surface area contributed by atoms with Crippen molar-refractivity contribution in [3.8, 4) is 5.75 Å². The van der Waals surface area contributed by atoms with E-state index in [1.807, 2.05) is 0 Å². The minimum absolute atomic E-state index is 0.113. The second-order valence-electron chi connectivity index (χ2n) is 8.75. The number of hydrogen-bond donors (Lipinski definition) is 2. The van der Waals surface area contributed by atoms with Gasteiger partial charge in [-0.25, -0.2) is 8.42 Å². The molecule has 2 saturated heterocycles. The maximum atomic E-state index is 13.2. The molecule has 2 N–H and O–H groups in total. The van der Waals surface area contributed by atoms with Crippen LogP contribution >= 0.6 is 0 Å². The average Bonchev–Trinajstić information content (AvgIpc) is 3.35. The zero-order valence-electron chi connectivity index (χ0n) is 20.3. The molecule has 10 heteroatoms. The maximum absolute atomic E-state index is 13.2. The summed E-state index contributed by atoms with van der Waals surface area (Å²) in [4.78, 5) is 17.5. The van der Waals surface area contributed by atoms with Gasteiger partial charge in [-0.05, 0) is 68.4 Å². The Bertz CT molecular complexity index is 1120. The van der Waals surface area contributed by atoms with Crippen molar-refractivity contribution < 1.29 is 22.7 Å². The van der Waals surface area contributed by atoms with Gasteiger partial charge in [0.2, 0.25) is 0 Å². The van der Waals surface area contributed by atoms with Gasteiger partial charge in [-0.1, -0.05) is 6.92 Å². The lowest BCUT2D eigenvalue weighted by atomic mass is 10.1. The molecule has 2 aliphatic heterocycles. The van der Waals surface area contributed by atoms with Gasteiger partial charge in [0.15, 0.2) is 0 Å². The topological polar surface area (TPSA) is 100 Å². The Balaban J connectivity index is 1.57. The minimum Gasteiger partial charge on any atom is -0.497 e. The molecule has 1 atom stereocenters. The van der Waals surface area contributed by atoms with Gasteiger partial charge in [-0.3, -0.25) is 14.4 Å². The van der Waals surface area contributed by atoms with E-state index < -0.39 is 10.0 Å². The summed E-state index contributed by atoms with van der Waals surface area (Å²) in [5, 5.41) is 3.03. The number of benzene rings is 2. The maximum Gasteiger partial charge on any atom is 0.261 e. The highest BCUT2D eigenvalue weighted by molar-refractivity contribution is 7.92. The standard InChI is InChI=1S/C25H34N4O5S/c1-3-28-12-4-5-20(28)18-26-25(30)19-6-11-24(29-13-15-34-16-14-29)23(17-19)27-35(31,32)22-9-7-21(33-2)8-10-22/h6-11,17,20,27H,3-5,12-16,18H2,1-2H3,(H,26,30)/t20-/m0/s1. The van der Waals surface area contributed by atoms with Gasteiger partial charge in [-0.2, -0.15) is 0 Å². The molecule has 190 valence electrons. The van der Waals surface area contributed by atoms with Gasteiger partial charge in [0.05, 0.1) is 36.6 Å². The van der Waals surface area contributed by atoms with E-state index in [0.717, 1.165) is 31.6 Å². The van der Waals surface area contributed by atoms with Crippen molar-refractivity contribution in [1.82, 2.24) is 10.2 Å². The fourth-order valence-electron chi connectivity index (χ4n) is 4.65. The van der Waals surface area contributed by atoms with Gasteiger partial charge in [-0.15, -0.1) is 0 Å². The second kappa shape index (κ2) is 11.3. The number of nitrogens with one attached hydrogen (secondary N) is 2. The minimum atomic E-state index is -3.88. The van der Waals surface area contributed by atoms with Gasteiger partial charge in [0.25, 0.3) is 15.9 Å². The molecule has 35 heavy (non-hydrogen) atoms. The molecule has 0 aliphatic carbocycles. The van der Waals surface area contributed by atoms with Gasteiger partial charge >= 0.3 is 0 Å². The number of hydrogen-bond acceptors (Lipinski definition) is 7. The molecule has 0 aromatic heterocycles. The quantitative estimate of drug-likeness (QED) is 0.544. The Morgan fingerprint density at radius 1 is 1.11 bits per heavy atom. The van der Waals surface area contributed by atoms with Crippen LogP contribution in [0.1, 0.15) is 30.1 Å². The Labute approximate surface area is 207 Å². The molecule has 2 aromatic rings. The summed E-state index contributed by atoms with van der Waals surface area (Å²) in [6, 6.07) is 11.7. The summed E-state index contributed by atoms with van der Waals surface area (Å²) in [6.45, 7) is 7.12. The van der Waals surface area contributed by atoms with Crippen LogP contribution < -0.4 is 19.7 Å². The molecular weight excluding hydrogens is 468 g/mol. The number of ether oxygens (including phenoxy) is 2. The molecule has 2 aliphatic rings. The van der Waals surface area contributed by atoms with E-state index in [1.54, 1.807) is 30.3 Å². The summed E-state index contributed by atoms with van der Waals surface area (Å²) in [6.07, 6.45) is 2.21. The van der Waals surface area contributed by atoms with Crippen molar-refractivity contribution in [3.63, 3.8) is 0 Å². The molecule has 0 saturated carbocycles. The summed E-state index contributed by atoms with van der Waals surface area (Å²) in [7, 11) is -2.35. The van der Waals surface area contributed by atoms with Crippen LogP contribution in [0.4, 0.5) is 11.4 Å². The number of nitrogens with zero attached hydrogens (tertiary/aromatic N) is 2. The number of amides is 1. The number of rotatable bonds is 9. The Hall–Kier alpha value is -2.82. The third-order valence-corrected chi connectivity index (χ3v) is 8.01. The predicted octanol–water partition coefficient (Wildman–Crippen LogP) is 2.55. The van der Waals surface area contributed by atoms with Crippen LogP contribution in [0, 0.1) is 0 Å². The Kier molecular flexibility index (Phi) is 8.15. The van der Waals surface area contributed by atoms with E-state index >= 15 is 0 Å². The first kappa shape index (κ1) is 25.3. The van der Waals surface area contributed by atoms with E-state index in [1.165, 1.54) is 19.2 Å². The average molecular weight is 503 g/mol. The molecule has 0 radical (unpaired) electrons. The zero-order chi connectivity index (χ0) is 24.8. The molecular formula is C25H34N4O5S. The molecule has 2 heterocycles. The largest absolute Gasteiger partial charge is 0.497 e. The zero-order valence-corrected chi connectivity index (χ0v) is 21.1. The van der Waals surface area contributed by atoms with Crippen LogP contribution in [0.15, 0.2) is 47.4 Å². The number of morpholine rings is 1. The van der Waals surface area contributed by atoms with Crippen LogP contribution in [0.25, 0.3) is 0 Å². The first-order chi connectivity index (χ1) is 16.9. The summed E-state index contributed by atoms with van der Waals surface area (Å²) >= 11 is 0. The van der Waals surface area contributed by atoms with Crippen molar-refractivity contribution in [2.45, 2.75) is 30.7 Å². The van der Waals surface area contributed by atoms with Crippen molar-refractivity contribution in [3.05, 3.63) is 48.0 Å². The van der Waals surface area contributed by atoms with E-state index in [4.69, 9.17) is 9.47 Å². The molecule has 1 amide bonds. The number of sulfonamides is 1. The van der Waals surface area contributed by atoms with Crippen molar-refractivity contribution in [2.24, 2.45) is 0 Å². The Morgan fingerprint density at radius 2 is 1.86 bits per heavy atom. The van der Waals surface area contributed by atoms with Gasteiger partial charge in [0, 0.05) is 31.2 Å². The highest BCUT2D eigenvalue weighted by Gasteiger charge is 2.25. The second-order valence-corrected chi connectivity index (χ2v) is 10.4. The van der Waals surface area contributed by atoms with Crippen LogP contribution in [0.2, 0.25) is 0 Å². The Morgan fingerprint density at radius 3 is 2.54 bits per heavy atom. The summed E-state index contributed by atoms with van der Waals surface area (Å²) < 4.78 is 39.7. The molecule has 2 aromatic carbocycles. The lowest BCUT2D eigenvalue weighted by Gasteiger charge is -2.31. The molecule has 2 fully saturated rings. The fraction of sp³-hybridized carbons (Fsp3) is 0.480. The van der Waals surface area contributed by atoms with Gasteiger partial charge in [0.1, 0.15) is 5.75 Å². The van der Waals surface area contributed by atoms with Crippen LogP contribution in [-0.2, 0) is 14.8 Å². The SMILES string of the molecule is CCN1CCC[C@H]1CNC(=O)c1ccc(N2CCOCC2)c(NS(=O)(=O)c2ccc(OC)cc2)c1. The van der Waals surface area contributed by atoms with Crippen LogP contribution in [-0.4, -0.2) is 78.3 Å². The van der Waals surface area contributed by atoms with Crippen LogP contribution in [0.5, 0.6) is 5.75 Å². The molecule has 9 nitrogen and oxygen atoms in total. The molecule has 0 unspecified atom stereocenters. The van der Waals surface area contributed by atoms with Crippen LogP contribution in [0.3, 0.4) is 0 Å². The molecule has 4 rings (SSSR count). The van der Waals surface area contributed by atoms with Gasteiger partial charge < -0.3 is 19.7 Å². The number of methoxy groups -OCH3 is 1. The number of likely N-dealkylation sites (tertiary alicyclic amines) is 1. The number of anilines is 2. The number of carbonyl (C=O) groups excluding carboxylic acids is 1. The lowest BCUT2D eigenvalue weighted by Crippen LogP contribution is -2.40. The first-order valence-electron chi connectivity index (χ1n) is 12.1. The smallest absolute Gasteiger partial charge is 0.261 e. The first-order valence-corrected chi connectivity index (χ1v) is 13.6. The lowest BCUT2D eigenvalue weighted by molar-refractivity contribution is 0.0941. The summed E-state index contributed by atoms with van der Waals surface area (Å²) in [5.41, 5.74) is 1.50. The number of likely N-dealkylation sites (N-methyl/N-ethyl adjacent to an activating group) is 1. The fourth-order valence-corrected chi connectivity index (χ4v) is 5.72. The highest BCUT2D eigenvalue weighted by atomic mass is 32.2. The van der Waals surface area contributed by atoms with E-state index in [2.05, 4.69) is 26.8 Å². The third kappa shape index (κ3) is 6.06. The van der Waals surface area contributed by atoms with E-state index in [9.17, 15) is 13.2 Å². The molecule has 0 bridgehead atoms. The van der Waals surface area contributed by atoms with E-state index in [-0.39, 0.29) is 10.8 Å². The number of carbonyl (C=O) groups is 1. The normalized spacial score (nSPS) is 18.9. The third-order valence-electron chi connectivity index (χ3n) is 6.63. The van der Waals surface area contributed by atoms with E-state index in [0.29, 0.717) is 55.9 Å². The highest BCUT2D eigenvalue weighted by Crippen LogP contribution is 2.31. The monoisotopic (exact) mass is 502 g/mol.